The van der Waals surface area contributed by atoms with Crippen molar-refractivity contribution in [1.29, 1.82) is 0 Å². The average molecular weight is 218 g/mol. The van der Waals surface area contributed by atoms with Crippen molar-refractivity contribution in [3.05, 3.63) is 0 Å². The lowest BCUT2D eigenvalue weighted by Crippen LogP contribution is -1.92. The number of carboxylic acid groups (broad SMARTS) is 2. The van der Waals surface area contributed by atoms with Crippen molar-refractivity contribution >= 4 is 11.9 Å². The van der Waals surface area contributed by atoms with Gasteiger partial charge in [0, 0.05) is 12.8 Å². The number of hydrogen-bond acceptors (Lipinski definition) is 2. The van der Waals surface area contributed by atoms with Crippen LogP contribution in [0.3, 0.4) is 0 Å². The fraction of sp³-hybridized carbons (Fsp3) is 0.818. The quantitative estimate of drug-likeness (QED) is 0.644. The number of carboxylic acids is 2. The molecule has 0 spiro atoms. The van der Waals surface area contributed by atoms with Crippen LogP contribution in [0.25, 0.3) is 0 Å². The Morgan fingerprint density at radius 1 is 0.800 bits per heavy atom. The molecule has 0 bridgehead atoms. The second-order valence-corrected chi connectivity index (χ2v) is 3.35. The van der Waals surface area contributed by atoms with E-state index in [1.54, 1.807) is 0 Å². The van der Waals surface area contributed by atoms with E-state index >= 15 is 0 Å². The maximum absolute atomic E-state index is 9.87. The van der Waals surface area contributed by atoms with Crippen molar-refractivity contribution in [3.8, 4) is 0 Å². The van der Waals surface area contributed by atoms with E-state index in [1.165, 1.54) is 0 Å². The van der Waals surface area contributed by atoms with Crippen LogP contribution in [-0.2, 0) is 9.59 Å². The summed E-state index contributed by atoms with van der Waals surface area (Å²) in [5.41, 5.74) is 0. The van der Waals surface area contributed by atoms with E-state index in [1.807, 2.05) is 6.92 Å². The summed E-state index contributed by atoms with van der Waals surface area (Å²) in [4.78, 5) is 19.6. The summed E-state index contributed by atoms with van der Waals surface area (Å²) in [7, 11) is 0. The van der Waals surface area contributed by atoms with E-state index in [9.17, 15) is 9.59 Å². The Morgan fingerprint density at radius 2 is 1.20 bits per heavy atom. The van der Waals surface area contributed by atoms with Gasteiger partial charge in [-0.3, -0.25) is 9.59 Å². The third-order valence-electron chi connectivity index (χ3n) is 1.74. The molecule has 0 aromatic heterocycles. The summed E-state index contributed by atoms with van der Waals surface area (Å²) in [5, 5.41) is 16.2. The normalized spacial score (nSPS) is 8.93. The van der Waals surface area contributed by atoms with E-state index in [4.69, 9.17) is 10.2 Å². The van der Waals surface area contributed by atoms with Gasteiger partial charge in [0.1, 0.15) is 0 Å². The van der Waals surface area contributed by atoms with Crippen molar-refractivity contribution < 1.29 is 19.8 Å². The molecule has 4 heteroatoms. The van der Waals surface area contributed by atoms with Crippen molar-refractivity contribution in [2.24, 2.45) is 0 Å². The highest BCUT2D eigenvalue weighted by Crippen LogP contribution is 1.97. The third-order valence-corrected chi connectivity index (χ3v) is 1.74. The summed E-state index contributed by atoms with van der Waals surface area (Å²) in [5.74, 6) is -1.37. The molecule has 0 amide bonds. The van der Waals surface area contributed by atoms with Crippen LogP contribution in [0.2, 0.25) is 0 Å². The molecule has 0 aliphatic heterocycles. The van der Waals surface area contributed by atoms with E-state index in [-0.39, 0.29) is 0 Å². The van der Waals surface area contributed by atoms with E-state index < -0.39 is 11.9 Å². The van der Waals surface area contributed by atoms with Crippen LogP contribution in [0, 0.1) is 0 Å². The topological polar surface area (TPSA) is 74.6 Å². The SMILES string of the molecule is CCCCC(=O)O.CCCCCC(=O)O. The molecule has 2 N–H and O–H groups in total. The van der Waals surface area contributed by atoms with Gasteiger partial charge in [0.15, 0.2) is 0 Å². The van der Waals surface area contributed by atoms with E-state index in [2.05, 4.69) is 6.92 Å². The van der Waals surface area contributed by atoms with Crippen molar-refractivity contribution in [3.63, 3.8) is 0 Å². The summed E-state index contributed by atoms with van der Waals surface area (Å²) >= 11 is 0. The summed E-state index contributed by atoms with van der Waals surface area (Å²) in [6, 6.07) is 0. The van der Waals surface area contributed by atoms with Crippen molar-refractivity contribution in [2.75, 3.05) is 0 Å². The van der Waals surface area contributed by atoms with Gasteiger partial charge in [-0.05, 0) is 12.8 Å². The van der Waals surface area contributed by atoms with Gasteiger partial charge in [-0.2, -0.15) is 0 Å². The monoisotopic (exact) mass is 218 g/mol. The van der Waals surface area contributed by atoms with Crippen LogP contribution in [0.1, 0.15) is 58.8 Å². The molecule has 90 valence electrons. The van der Waals surface area contributed by atoms with Gasteiger partial charge in [0.05, 0.1) is 0 Å². The molecular formula is C11H22O4. The van der Waals surface area contributed by atoms with Gasteiger partial charge >= 0.3 is 11.9 Å². The zero-order valence-corrected chi connectivity index (χ0v) is 9.66. The lowest BCUT2D eigenvalue weighted by molar-refractivity contribution is -0.138. The predicted molar refractivity (Wildman–Crippen MR) is 58.9 cm³/mol. The largest absolute Gasteiger partial charge is 0.481 e. The van der Waals surface area contributed by atoms with Gasteiger partial charge in [-0.15, -0.1) is 0 Å². The molecule has 0 rings (SSSR count). The number of carbonyl (C=O) groups is 2. The standard InChI is InChI=1S/C6H12O2.C5H10O2/c1-2-3-4-5-6(7)8;1-2-3-4-5(6)7/h2-5H2,1H3,(H,7,8);2-4H2,1H3,(H,6,7). The van der Waals surface area contributed by atoms with Gasteiger partial charge in [0.25, 0.3) is 0 Å². The molecule has 0 aliphatic carbocycles. The molecule has 0 aliphatic rings. The Labute approximate surface area is 91.3 Å². The minimum absolute atomic E-state index is 0.316. The maximum Gasteiger partial charge on any atom is 0.303 e. The molecule has 0 saturated carbocycles. The number of rotatable bonds is 7. The minimum Gasteiger partial charge on any atom is -0.481 e. The molecule has 15 heavy (non-hydrogen) atoms. The van der Waals surface area contributed by atoms with E-state index in [0.717, 1.165) is 32.1 Å². The highest BCUT2D eigenvalue weighted by atomic mass is 16.4. The molecule has 0 fully saturated rings. The highest BCUT2D eigenvalue weighted by Gasteiger charge is 1.92. The zero-order valence-electron chi connectivity index (χ0n) is 9.66. The smallest absolute Gasteiger partial charge is 0.303 e. The number of hydrogen-bond donors (Lipinski definition) is 2. The first-order valence-electron chi connectivity index (χ1n) is 5.48. The first kappa shape index (κ1) is 16.4. The molecule has 0 aromatic carbocycles. The molecule has 4 nitrogen and oxygen atoms in total. The fourth-order valence-corrected chi connectivity index (χ4v) is 0.854. The average Bonchev–Trinajstić information content (AvgIpc) is 2.15. The Balaban J connectivity index is 0. The second kappa shape index (κ2) is 12.9. The van der Waals surface area contributed by atoms with Crippen molar-refractivity contribution in [2.45, 2.75) is 58.8 Å². The zero-order chi connectivity index (χ0) is 12.1. The summed E-state index contributed by atoms with van der Waals surface area (Å²) < 4.78 is 0. The van der Waals surface area contributed by atoms with Crippen LogP contribution in [0.15, 0.2) is 0 Å². The van der Waals surface area contributed by atoms with Crippen LogP contribution < -0.4 is 0 Å². The van der Waals surface area contributed by atoms with Crippen LogP contribution in [0.4, 0.5) is 0 Å². The molecule has 0 aromatic rings. The van der Waals surface area contributed by atoms with Crippen LogP contribution in [-0.4, -0.2) is 22.2 Å². The van der Waals surface area contributed by atoms with Crippen LogP contribution in [0.5, 0.6) is 0 Å². The van der Waals surface area contributed by atoms with Crippen LogP contribution >= 0.6 is 0 Å². The van der Waals surface area contributed by atoms with Crippen molar-refractivity contribution in [1.82, 2.24) is 0 Å². The highest BCUT2D eigenvalue weighted by molar-refractivity contribution is 5.66. The third kappa shape index (κ3) is 24.6. The lowest BCUT2D eigenvalue weighted by atomic mass is 10.2. The Bertz CT molecular complexity index is 166. The minimum atomic E-state index is -0.693. The number of aliphatic carboxylic acids is 2. The first-order chi connectivity index (χ1) is 7.04. The van der Waals surface area contributed by atoms with E-state index in [0.29, 0.717) is 12.8 Å². The second-order valence-electron chi connectivity index (χ2n) is 3.35. The molecule has 0 saturated heterocycles. The summed E-state index contributed by atoms with van der Waals surface area (Å²) in [6.07, 6.45) is 5.36. The molecular weight excluding hydrogens is 196 g/mol. The summed E-state index contributed by atoms with van der Waals surface area (Å²) in [6.45, 7) is 4.03. The molecule has 0 radical (unpaired) electrons. The van der Waals surface area contributed by atoms with Gasteiger partial charge in [0.2, 0.25) is 0 Å². The molecule has 0 heterocycles. The Kier molecular flexibility index (Phi) is 14.1. The predicted octanol–water partition coefficient (Wildman–Crippen LogP) is 2.91. The Hall–Kier alpha value is -1.06. The fourth-order valence-electron chi connectivity index (χ4n) is 0.854. The maximum atomic E-state index is 9.87. The molecule has 0 unspecified atom stereocenters. The lowest BCUT2D eigenvalue weighted by Gasteiger charge is -1.89. The number of unbranched alkanes of at least 4 members (excludes halogenated alkanes) is 3. The first-order valence-corrected chi connectivity index (χ1v) is 5.48. The van der Waals surface area contributed by atoms with Gasteiger partial charge in [-0.25, -0.2) is 0 Å². The molecule has 0 atom stereocenters. The van der Waals surface area contributed by atoms with Gasteiger partial charge < -0.3 is 10.2 Å². The van der Waals surface area contributed by atoms with Gasteiger partial charge in [-0.1, -0.05) is 33.1 Å². The Morgan fingerprint density at radius 3 is 1.47 bits per heavy atom.